The van der Waals surface area contributed by atoms with Crippen molar-refractivity contribution in [2.45, 2.75) is 71.1 Å². The van der Waals surface area contributed by atoms with Crippen LogP contribution in [0.2, 0.25) is 0 Å². The molecule has 1 unspecified atom stereocenters. The number of benzene rings is 1. The van der Waals surface area contributed by atoms with Crippen molar-refractivity contribution in [3.8, 4) is 5.75 Å². The summed E-state index contributed by atoms with van der Waals surface area (Å²) in [6.07, 6.45) is 10.2. The maximum atomic E-state index is 11.3. The molecule has 1 aliphatic heterocycles. The van der Waals surface area contributed by atoms with Crippen molar-refractivity contribution in [2.75, 3.05) is 25.0 Å². The van der Waals surface area contributed by atoms with Gasteiger partial charge in [-0.15, -0.1) is 0 Å². The number of aromatic nitrogens is 2. The molecule has 1 aromatic heterocycles. The molecule has 1 aromatic carbocycles. The van der Waals surface area contributed by atoms with Crippen molar-refractivity contribution < 1.29 is 9.84 Å². The zero-order valence-corrected chi connectivity index (χ0v) is 20.4. The van der Waals surface area contributed by atoms with Crippen LogP contribution >= 0.6 is 0 Å². The first-order valence-electron chi connectivity index (χ1n) is 13.3. The third kappa shape index (κ3) is 4.31. The van der Waals surface area contributed by atoms with Gasteiger partial charge in [-0.2, -0.15) is 0 Å². The fourth-order valence-corrected chi connectivity index (χ4v) is 7.85. The van der Waals surface area contributed by atoms with Crippen LogP contribution in [0.25, 0.3) is 0 Å². The van der Waals surface area contributed by atoms with Crippen molar-refractivity contribution in [3.05, 3.63) is 47.4 Å². The summed E-state index contributed by atoms with van der Waals surface area (Å²) in [5, 5.41) is 14.9. The van der Waals surface area contributed by atoms with E-state index in [0.29, 0.717) is 13.2 Å². The third-order valence-corrected chi connectivity index (χ3v) is 8.96. The fourth-order valence-electron chi connectivity index (χ4n) is 7.85. The Hall–Kier alpha value is -2.18. The standard InChI is InChI=1S/C28H38N4O2/c1-2-34-23-5-3-4-19(11-23)16-32-7-6-24-25(17-32)30-18-31-27(24)29-15-26(33)28-12-20-8-21(13-28)10-22(9-20)14-28/h3-5,11,18,20-22,26,33H,2,6-10,12-17H2,1H3,(H,29,30,31). The number of nitrogens with zero attached hydrogens (tertiary/aromatic N) is 3. The van der Waals surface area contributed by atoms with E-state index >= 15 is 0 Å². The zero-order valence-electron chi connectivity index (χ0n) is 20.4. The first-order valence-corrected chi connectivity index (χ1v) is 13.3. The molecule has 7 rings (SSSR count). The Bertz CT molecular complexity index is 990. The summed E-state index contributed by atoms with van der Waals surface area (Å²) in [6.45, 7) is 5.99. The van der Waals surface area contributed by atoms with Crippen LogP contribution in [0.15, 0.2) is 30.6 Å². The van der Waals surface area contributed by atoms with Crippen molar-refractivity contribution in [1.82, 2.24) is 14.9 Å². The summed E-state index contributed by atoms with van der Waals surface area (Å²) >= 11 is 0. The number of anilines is 1. The molecule has 4 bridgehead atoms. The van der Waals surface area contributed by atoms with Gasteiger partial charge in [0.15, 0.2) is 0 Å². The van der Waals surface area contributed by atoms with Crippen LogP contribution in [0.5, 0.6) is 5.75 Å². The van der Waals surface area contributed by atoms with Gasteiger partial charge < -0.3 is 15.2 Å². The highest BCUT2D eigenvalue weighted by atomic mass is 16.5. The molecule has 2 heterocycles. The normalized spacial score (nSPS) is 30.7. The smallest absolute Gasteiger partial charge is 0.133 e. The molecule has 2 N–H and O–H groups in total. The molecule has 34 heavy (non-hydrogen) atoms. The first-order chi connectivity index (χ1) is 16.6. The SMILES string of the molecule is CCOc1cccc(CN2CCc3c(ncnc3NCC(O)C34CC5CC(CC(C5)C3)C4)C2)c1. The minimum Gasteiger partial charge on any atom is -0.494 e. The van der Waals surface area contributed by atoms with Crippen LogP contribution in [-0.2, 0) is 19.5 Å². The second-order valence-corrected chi connectivity index (χ2v) is 11.4. The Morgan fingerprint density at radius 2 is 1.91 bits per heavy atom. The van der Waals surface area contributed by atoms with Crippen LogP contribution in [-0.4, -0.2) is 45.8 Å². The van der Waals surface area contributed by atoms with E-state index in [1.165, 1.54) is 49.7 Å². The molecule has 0 saturated heterocycles. The summed E-state index contributed by atoms with van der Waals surface area (Å²) in [7, 11) is 0. The third-order valence-electron chi connectivity index (χ3n) is 8.96. The highest BCUT2D eigenvalue weighted by Crippen LogP contribution is 2.61. The Morgan fingerprint density at radius 1 is 1.15 bits per heavy atom. The van der Waals surface area contributed by atoms with Crippen LogP contribution in [0.3, 0.4) is 0 Å². The quantitative estimate of drug-likeness (QED) is 0.605. The highest BCUT2D eigenvalue weighted by Gasteiger charge is 2.53. The summed E-state index contributed by atoms with van der Waals surface area (Å²) in [5.41, 5.74) is 3.73. The summed E-state index contributed by atoms with van der Waals surface area (Å²) in [6, 6.07) is 8.38. The van der Waals surface area contributed by atoms with E-state index in [-0.39, 0.29) is 11.5 Å². The van der Waals surface area contributed by atoms with E-state index in [1.54, 1.807) is 6.33 Å². The second-order valence-electron chi connectivity index (χ2n) is 11.4. The number of aliphatic hydroxyl groups is 1. The molecule has 0 amide bonds. The van der Waals surface area contributed by atoms with E-state index in [2.05, 4.69) is 38.4 Å². The molecule has 4 fully saturated rings. The fraction of sp³-hybridized carbons (Fsp3) is 0.643. The van der Waals surface area contributed by atoms with Gasteiger partial charge in [0.05, 0.1) is 18.4 Å². The van der Waals surface area contributed by atoms with Crippen LogP contribution in [0, 0.1) is 23.2 Å². The van der Waals surface area contributed by atoms with Crippen LogP contribution in [0.1, 0.15) is 62.3 Å². The Balaban J connectivity index is 1.10. The van der Waals surface area contributed by atoms with Crippen LogP contribution < -0.4 is 10.1 Å². The second kappa shape index (κ2) is 9.12. The van der Waals surface area contributed by atoms with Gasteiger partial charge in [0.1, 0.15) is 17.9 Å². The molecule has 0 spiro atoms. The number of rotatable bonds is 8. The zero-order chi connectivity index (χ0) is 23.1. The molecule has 5 aliphatic rings. The molecular formula is C28H38N4O2. The average Bonchev–Trinajstić information content (AvgIpc) is 2.82. The lowest BCUT2D eigenvalue weighted by Crippen LogP contribution is -2.53. The van der Waals surface area contributed by atoms with Crippen molar-refractivity contribution >= 4 is 5.82 Å². The maximum Gasteiger partial charge on any atom is 0.133 e. The monoisotopic (exact) mass is 462 g/mol. The van der Waals surface area contributed by atoms with E-state index in [1.807, 2.05) is 13.0 Å². The number of fused-ring (bicyclic) bond motifs is 1. The minimum atomic E-state index is -0.288. The predicted molar refractivity (Wildman–Crippen MR) is 133 cm³/mol. The number of hydrogen-bond acceptors (Lipinski definition) is 6. The number of hydrogen-bond donors (Lipinski definition) is 2. The molecule has 6 nitrogen and oxygen atoms in total. The van der Waals surface area contributed by atoms with Gasteiger partial charge in [-0.1, -0.05) is 12.1 Å². The van der Waals surface area contributed by atoms with Crippen molar-refractivity contribution in [3.63, 3.8) is 0 Å². The molecule has 4 saturated carbocycles. The lowest BCUT2D eigenvalue weighted by molar-refractivity contribution is -0.115. The van der Waals surface area contributed by atoms with Gasteiger partial charge in [-0.05, 0) is 92.7 Å². The predicted octanol–water partition coefficient (Wildman–Crippen LogP) is 4.42. The topological polar surface area (TPSA) is 70.5 Å². The lowest BCUT2D eigenvalue weighted by Gasteiger charge is -2.58. The molecule has 4 aliphatic carbocycles. The molecule has 1 atom stereocenters. The summed E-state index contributed by atoms with van der Waals surface area (Å²) < 4.78 is 5.66. The average molecular weight is 463 g/mol. The lowest BCUT2D eigenvalue weighted by atomic mass is 9.48. The van der Waals surface area contributed by atoms with Crippen LogP contribution in [0.4, 0.5) is 5.82 Å². The molecule has 182 valence electrons. The Kier molecular flexibility index (Phi) is 5.98. The van der Waals surface area contributed by atoms with Crippen molar-refractivity contribution in [1.29, 1.82) is 0 Å². The number of ether oxygens (including phenoxy) is 1. The van der Waals surface area contributed by atoms with E-state index in [0.717, 1.165) is 61.1 Å². The largest absolute Gasteiger partial charge is 0.494 e. The van der Waals surface area contributed by atoms with Gasteiger partial charge in [0.25, 0.3) is 0 Å². The Labute approximate surface area is 203 Å². The van der Waals surface area contributed by atoms with Gasteiger partial charge in [0.2, 0.25) is 0 Å². The van der Waals surface area contributed by atoms with Gasteiger partial charge >= 0.3 is 0 Å². The van der Waals surface area contributed by atoms with E-state index in [9.17, 15) is 5.11 Å². The van der Waals surface area contributed by atoms with Gasteiger partial charge in [-0.3, -0.25) is 4.90 Å². The van der Waals surface area contributed by atoms with Gasteiger partial charge in [0, 0.05) is 31.7 Å². The summed E-state index contributed by atoms with van der Waals surface area (Å²) in [5.74, 6) is 4.42. The van der Waals surface area contributed by atoms with E-state index < -0.39 is 0 Å². The molecule has 2 aromatic rings. The number of nitrogens with one attached hydrogen (secondary N) is 1. The molecule has 0 radical (unpaired) electrons. The number of aliphatic hydroxyl groups excluding tert-OH is 1. The van der Waals surface area contributed by atoms with Gasteiger partial charge in [-0.25, -0.2) is 9.97 Å². The summed E-state index contributed by atoms with van der Waals surface area (Å²) in [4.78, 5) is 11.6. The first kappa shape index (κ1) is 22.3. The Morgan fingerprint density at radius 3 is 2.65 bits per heavy atom. The maximum absolute atomic E-state index is 11.3. The molecule has 6 heteroatoms. The van der Waals surface area contributed by atoms with Crippen molar-refractivity contribution in [2.24, 2.45) is 23.2 Å². The van der Waals surface area contributed by atoms with E-state index in [4.69, 9.17) is 4.74 Å². The minimum absolute atomic E-state index is 0.141. The molecular weight excluding hydrogens is 424 g/mol. The highest BCUT2D eigenvalue weighted by molar-refractivity contribution is 5.47.